The second kappa shape index (κ2) is 11.9. The van der Waals surface area contributed by atoms with E-state index in [0.29, 0.717) is 21.3 Å². The molecule has 0 spiro atoms. The van der Waals surface area contributed by atoms with Crippen molar-refractivity contribution in [2.75, 3.05) is 0 Å². The number of thiophene rings is 4. The van der Waals surface area contributed by atoms with Crippen LogP contribution < -0.4 is 9.47 Å². The number of benzene rings is 2. The summed E-state index contributed by atoms with van der Waals surface area (Å²) in [4.78, 5) is 65.6. The fourth-order valence-corrected chi connectivity index (χ4v) is 13.8. The monoisotopic (exact) mass is 828 g/mol. The number of allylic oxidation sites excluding steroid dienone is 2. The molecule has 0 saturated heterocycles. The third-order valence-corrected chi connectivity index (χ3v) is 15.6. The number of ether oxygens (including phenoxy) is 2. The van der Waals surface area contributed by atoms with Crippen molar-refractivity contribution in [1.29, 1.82) is 10.5 Å². The maximum Gasteiger partial charge on any atom is 0.197 e. The first-order valence-corrected chi connectivity index (χ1v) is 20.7. The van der Waals surface area contributed by atoms with E-state index in [1.807, 2.05) is 52.0 Å². The SMILES string of the molecule is [C-]#[N+]c1cc2c(cc1[N+]#[C-])C(=O)C(=Cc1cc3c(s1)-c1sc4c5c(sc4c1C(C)(C)O3)-c1sc(C=C3C(=O)c4cc(C#N)c(C#N)cc4C3=O)cc1OC5(C)C)C2=O. The quantitative estimate of drug-likeness (QED) is 0.0953. The molecular formula is C44H20N4O6S4. The number of hydrogen-bond acceptors (Lipinski definition) is 12. The zero-order chi connectivity index (χ0) is 40.7. The molecule has 0 atom stereocenters. The first-order valence-electron chi connectivity index (χ1n) is 17.5. The Bertz CT molecular complexity index is 2990. The summed E-state index contributed by atoms with van der Waals surface area (Å²) in [6, 6.07) is 12.8. The molecule has 4 aliphatic rings. The maximum atomic E-state index is 13.4. The summed E-state index contributed by atoms with van der Waals surface area (Å²) in [6.07, 6.45) is 3.12. The van der Waals surface area contributed by atoms with E-state index in [9.17, 15) is 29.7 Å². The smallest absolute Gasteiger partial charge is 0.197 e. The van der Waals surface area contributed by atoms with Gasteiger partial charge >= 0.3 is 0 Å². The van der Waals surface area contributed by atoms with Gasteiger partial charge in [-0.3, -0.25) is 28.9 Å². The van der Waals surface area contributed by atoms with Gasteiger partial charge < -0.3 is 9.47 Å². The van der Waals surface area contributed by atoms with Gasteiger partial charge in [-0.15, -0.1) is 45.3 Å². The van der Waals surface area contributed by atoms with E-state index in [0.717, 1.165) is 40.0 Å². The van der Waals surface area contributed by atoms with Crippen LogP contribution in [0, 0.1) is 35.8 Å². The van der Waals surface area contributed by atoms with Gasteiger partial charge in [0.05, 0.1) is 64.3 Å². The van der Waals surface area contributed by atoms with Gasteiger partial charge in [0, 0.05) is 43.1 Å². The molecule has 6 aromatic rings. The Balaban J connectivity index is 1.04. The van der Waals surface area contributed by atoms with Crippen molar-refractivity contribution in [3.05, 3.63) is 125 Å². The van der Waals surface area contributed by atoms with Crippen LogP contribution in [0.1, 0.15) is 101 Å². The normalized spacial score (nSPS) is 16.1. The minimum absolute atomic E-state index is 0.0273. The first-order chi connectivity index (χ1) is 27.7. The van der Waals surface area contributed by atoms with Crippen LogP contribution in [-0.2, 0) is 11.2 Å². The largest absolute Gasteiger partial charge is 0.481 e. The zero-order valence-electron chi connectivity index (χ0n) is 30.5. The number of nitrogens with zero attached hydrogens (tertiary/aromatic N) is 4. The number of carbonyl (C=O) groups excluding carboxylic acids is 4. The lowest BCUT2D eigenvalue weighted by molar-refractivity contribution is 0.0975. The van der Waals surface area contributed by atoms with E-state index >= 15 is 0 Å². The Labute approximate surface area is 345 Å². The summed E-state index contributed by atoms with van der Waals surface area (Å²) in [5, 5.41) is 19.0. The summed E-state index contributed by atoms with van der Waals surface area (Å²) in [5.74, 6) is -0.691. The summed E-state index contributed by atoms with van der Waals surface area (Å²) in [5.41, 5.74) is 1.06. The molecule has 0 N–H and O–H groups in total. The summed E-state index contributed by atoms with van der Waals surface area (Å²) < 4.78 is 15.4. The van der Waals surface area contributed by atoms with Gasteiger partial charge in [-0.2, -0.15) is 10.5 Å². The van der Waals surface area contributed by atoms with Gasteiger partial charge in [0.15, 0.2) is 34.5 Å². The number of fused-ring (bicyclic) bond motifs is 11. The third kappa shape index (κ3) is 4.75. The Hall–Kier alpha value is -6.78. The molecule has 0 fully saturated rings. The highest BCUT2D eigenvalue weighted by atomic mass is 32.1. The number of carbonyl (C=O) groups is 4. The predicted molar refractivity (Wildman–Crippen MR) is 222 cm³/mol. The molecule has 2 aromatic carbocycles. The maximum absolute atomic E-state index is 13.4. The average Bonchev–Trinajstić information content (AvgIpc) is 4.02. The second-order valence-corrected chi connectivity index (χ2v) is 19.1. The average molecular weight is 829 g/mol. The Morgan fingerprint density at radius 2 is 0.931 bits per heavy atom. The van der Waals surface area contributed by atoms with Crippen molar-refractivity contribution in [2.24, 2.45) is 0 Å². The van der Waals surface area contributed by atoms with Gasteiger partial charge in [0.25, 0.3) is 0 Å². The van der Waals surface area contributed by atoms with Crippen molar-refractivity contribution in [1.82, 2.24) is 0 Å². The highest BCUT2D eigenvalue weighted by Crippen LogP contribution is 2.62. The van der Waals surface area contributed by atoms with Gasteiger partial charge in [-0.25, -0.2) is 0 Å². The van der Waals surface area contributed by atoms with Gasteiger partial charge in [-0.1, -0.05) is 12.1 Å². The lowest BCUT2D eigenvalue weighted by Gasteiger charge is -2.31. The molecule has 0 saturated carbocycles. The molecule has 14 heteroatoms. The predicted octanol–water partition coefficient (Wildman–Crippen LogP) is 11.4. The Kier molecular flexibility index (Phi) is 7.29. The van der Waals surface area contributed by atoms with E-state index < -0.39 is 34.3 Å². The Morgan fingerprint density at radius 3 is 1.28 bits per heavy atom. The minimum Gasteiger partial charge on any atom is -0.481 e. The topological polar surface area (TPSA) is 143 Å². The third-order valence-electron chi connectivity index (χ3n) is 10.6. The van der Waals surface area contributed by atoms with Crippen LogP contribution in [-0.4, -0.2) is 23.1 Å². The Morgan fingerprint density at radius 1 is 0.569 bits per heavy atom. The molecule has 10 rings (SSSR count). The highest BCUT2D eigenvalue weighted by molar-refractivity contribution is 7.34. The fourth-order valence-electron chi connectivity index (χ4n) is 8.02. The number of rotatable bonds is 2. The molecule has 10 nitrogen and oxygen atoms in total. The molecule has 276 valence electrons. The van der Waals surface area contributed by atoms with E-state index in [4.69, 9.17) is 22.6 Å². The van der Waals surface area contributed by atoms with E-state index in [1.165, 1.54) is 46.9 Å². The van der Waals surface area contributed by atoms with Crippen molar-refractivity contribution < 1.29 is 28.7 Å². The molecule has 58 heavy (non-hydrogen) atoms. The van der Waals surface area contributed by atoms with Crippen molar-refractivity contribution in [2.45, 2.75) is 38.9 Å². The van der Waals surface area contributed by atoms with Gasteiger partial charge in [0.2, 0.25) is 0 Å². The van der Waals surface area contributed by atoms with Crippen LogP contribution in [0.3, 0.4) is 0 Å². The van der Waals surface area contributed by atoms with Crippen LogP contribution in [0.15, 0.2) is 47.5 Å². The molecule has 4 aromatic heterocycles. The molecule has 2 aliphatic heterocycles. The van der Waals surface area contributed by atoms with Crippen LogP contribution in [0.4, 0.5) is 11.4 Å². The van der Waals surface area contributed by atoms with Crippen molar-refractivity contribution in [3.63, 3.8) is 0 Å². The number of nitriles is 2. The van der Waals surface area contributed by atoms with Crippen LogP contribution in [0.2, 0.25) is 0 Å². The van der Waals surface area contributed by atoms with Crippen LogP contribution >= 0.6 is 45.3 Å². The van der Waals surface area contributed by atoms with Crippen LogP contribution in [0.5, 0.6) is 11.5 Å². The molecule has 0 amide bonds. The van der Waals surface area contributed by atoms with Crippen LogP contribution in [0.25, 0.3) is 50.8 Å². The molecule has 0 unspecified atom stereocenters. The number of Topliss-reactive ketones (excluding diaryl/α,β-unsaturated/α-hetero) is 4. The standard InChI is InChI=1S/C44H20N4O6S4/c1-43(2)31-39(37-29(53-43)11-19(55-37)9-25-33(49)21-7-17(15-45)18(16-46)8-22(21)34(25)50)57-42-32-40(58-41(31)42)38-30(54-44(32,3)4)12-20(56-38)10-26-35(51)23-13-27(47-5)28(48-6)14-24(23)36(26)52/h7-14H,1-4H3. The highest BCUT2D eigenvalue weighted by Gasteiger charge is 2.45. The van der Waals surface area contributed by atoms with Gasteiger partial charge in [-0.05, 0) is 64.1 Å². The number of ketones is 4. The fraction of sp³-hybridized carbons (Fsp3) is 0.136. The summed E-state index contributed by atoms with van der Waals surface area (Å²) >= 11 is 6.10. The lowest BCUT2D eigenvalue weighted by Crippen LogP contribution is -2.27. The van der Waals surface area contributed by atoms with Crippen molar-refractivity contribution >= 4 is 101 Å². The molecule has 0 bridgehead atoms. The lowest BCUT2D eigenvalue weighted by atomic mass is 9.92. The van der Waals surface area contributed by atoms with E-state index in [2.05, 4.69) is 9.69 Å². The zero-order valence-corrected chi connectivity index (χ0v) is 33.8. The van der Waals surface area contributed by atoms with Gasteiger partial charge in [0.1, 0.15) is 34.8 Å². The van der Waals surface area contributed by atoms with E-state index in [1.54, 1.807) is 34.8 Å². The molecule has 2 aliphatic carbocycles. The minimum atomic E-state index is -0.757. The molecule has 0 radical (unpaired) electrons. The van der Waals surface area contributed by atoms with Crippen molar-refractivity contribution in [3.8, 4) is 43.1 Å². The first kappa shape index (κ1) is 35.6. The van der Waals surface area contributed by atoms with E-state index in [-0.39, 0.29) is 55.9 Å². The molecular weight excluding hydrogens is 809 g/mol. The number of hydrogen-bond donors (Lipinski definition) is 0. The molecule has 6 heterocycles. The summed E-state index contributed by atoms with van der Waals surface area (Å²) in [6.45, 7) is 22.8. The summed E-state index contributed by atoms with van der Waals surface area (Å²) in [7, 11) is 0. The second-order valence-electron chi connectivity index (χ2n) is 14.9.